The third kappa shape index (κ3) is 3.77. The summed E-state index contributed by atoms with van der Waals surface area (Å²) in [5, 5.41) is 1.17. The molecule has 126 valence electrons. The minimum absolute atomic E-state index is 0.0567. The van der Waals surface area contributed by atoms with Crippen LogP contribution in [0.3, 0.4) is 0 Å². The van der Waals surface area contributed by atoms with Crippen LogP contribution in [0.15, 0.2) is 9.95 Å². The van der Waals surface area contributed by atoms with Gasteiger partial charge in [-0.05, 0) is 47.1 Å². The Morgan fingerprint density at radius 3 is 2.43 bits per heavy atom. The monoisotopic (exact) mass is 353 g/mol. The molecule has 0 radical (unpaired) electrons. The van der Waals surface area contributed by atoms with Crippen LogP contribution in [-0.2, 0) is 4.79 Å². The molecular formula is C16H23N3O2S2. The zero-order chi connectivity index (χ0) is 17.3. The van der Waals surface area contributed by atoms with Crippen LogP contribution in [0.25, 0.3) is 10.2 Å². The molecule has 0 aromatic carbocycles. The molecule has 0 unspecified atom stereocenters. The molecule has 0 saturated heterocycles. The lowest BCUT2D eigenvalue weighted by Gasteiger charge is -2.30. The highest BCUT2D eigenvalue weighted by Gasteiger charge is 2.20. The zero-order valence-corrected chi connectivity index (χ0v) is 16.0. The predicted octanol–water partition coefficient (Wildman–Crippen LogP) is 3.34. The van der Waals surface area contributed by atoms with E-state index in [0.717, 1.165) is 15.3 Å². The van der Waals surface area contributed by atoms with Gasteiger partial charge in [0.25, 0.3) is 5.56 Å². The van der Waals surface area contributed by atoms with E-state index in [1.807, 2.05) is 46.4 Å². The molecule has 23 heavy (non-hydrogen) atoms. The van der Waals surface area contributed by atoms with Gasteiger partial charge in [-0.1, -0.05) is 11.8 Å². The summed E-state index contributed by atoms with van der Waals surface area (Å²) in [7, 11) is 0. The second-order valence-electron chi connectivity index (χ2n) is 6.11. The van der Waals surface area contributed by atoms with Gasteiger partial charge in [-0.2, -0.15) is 0 Å². The first-order valence-electron chi connectivity index (χ1n) is 7.66. The van der Waals surface area contributed by atoms with Gasteiger partial charge in [0.1, 0.15) is 4.83 Å². The maximum Gasteiger partial charge on any atom is 0.260 e. The average Bonchev–Trinajstić information content (AvgIpc) is 2.71. The summed E-state index contributed by atoms with van der Waals surface area (Å²) in [5.41, 5.74) is 0.855. The number of carbonyl (C=O) groups is 1. The molecular weight excluding hydrogens is 330 g/mol. The molecule has 5 nitrogen and oxygen atoms in total. The first-order chi connectivity index (χ1) is 10.7. The summed E-state index contributed by atoms with van der Waals surface area (Å²) in [6.45, 7) is 11.9. The maximum atomic E-state index is 12.4. The van der Waals surface area contributed by atoms with Crippen LogP contribution in [0.4, 0.5) is 0 Å². The fourth-order valence-electron chi connectivity index (χ4n) is 2.68. The van der Waals surface area contributed by atoms with Crippen molar-refractivity contribution in [2.75, 3.05) is 5.75 Å². The number of thiophene rings is 1. The van der Waals surface area contributed by atoms with E-state index < -0.39 is 0 Å². The highest BCUT2D eigenvalue weighted by molar-refractivity contribution is 7.99. The number of hydrogen-bond donors (Lipinski definition) is 1. The number of amides is 1. The number of aryl methyl sites for hydroxylation is 2. The SMILES string of the molecule is Cc1sc2nc(SCC(=O)N(C(C)C)C(C)C)[nH]c(=O)c2c1C. The molecule has 0 atom stereocenters. The van der Waals surface area contributed by atoms with Crippen molar-refractivity contribution in [2.45, 2.75) is 58.8 Å². The first kappa shape index (κ1) is 18.0. The third-order valence-corrected chi connectivity index (χ3v) is 5.71. The average molecular weight is 354 g/mol. The van der Waals surface area contributed by atoms with E-state index >= 15 is 0 Å². The lowest BCUT2D eigenvalue weighted by molar-refractivity contribution is -0.131. The zero-order valence-electron chi connectivity index (χ0n) is 14.4. The molecule has 0 aliphatic carbocycles. The van der Waals surface area contributed by atoms with E-state index in [-0.39, 0.29) is 29.3 Å². The molecule has 2 rings (SSSR count). The van der Waals surface area contributed by atoms with E-state index in [0.29, 0.717) is 10.5 Å². The van der Waals surface area contributed by atoms with Crippen molar-refractivity contribution in [3.8, 4) is 0 Å². The molecule has 7 heteroatoms. The minimum atomic E-state index is -0.128. The Hall–Kier alpha value is -1.34. The van der Waals surface area contributed by atoms with Crippen molar-refractivity contribution in [2.24, 2.45) is 0 Å². The summed E-state index contributed by atoms with van der Waals surface area (Å²) < 4.78 is 0. The van der Waals surface area contributed by atoms with Crippen LogP contribution >= 0.6 is 23.1 Å². The van der Waals surface area contributed by atoms with E-state index in [4.69, 9.17) is 0 Å². The largest absolute Gasteiger partial charge is 0.337 e. The molecule has 0 spiro atoms. The molecule has 0 fully saturated rings. The Morgan fingerprint density at radius 1 is 1.26 bits per heavy atom. The quantitative estimate of drug-likeness (QED) is 0.661. The lowest BCUT2D eigenvalue weighted by Crippen LogP contribution is -2.43. The van der Waals surface area contributed by atoms with Gasteiger partial charge in [-0.15, -0.1) is 11.3 Å². The topological polar surface area (TPSA) is 66.1 Å². The number of carbonyl (C=O) groups excluding carboxylic acids is 1. The summed E-state index contributed by atoms with van der Waals surface area (Å²) >= 11 is 2.80. The standard InChI is InChI=1S/C16H23N3O2S2/c1-8(2)19(9(3)4)12(20)7-22-16-17-14(21)13-10(5)11(6)23-15(13)18-16/h8-9H,7H2,1-6H3,(H,17,18,21). The molecule has 2 aromatic rings. The van der Waals surface area contributed by atoms with Crippen LogP contribution in [0.5, 0.6) is 0 Å². The normalized spacial score (nSPS) is 11.7. The predicted molar refractivity (Wildman–Crippen MR) is 97.6 cm³/mol. The molecule has 1 amide bonds. The van der Waals surface area contributed by atoms with Crippen molar-refractivity contribution < 1.29 is 4.79 Å². The van der Waals surface area contributed by atoms with Crippen LogP contribution in [0.1, 0.15) is 38.1 Å². The van der Waals surface area contributed by atoms with Crippen molar-refractivity contribution in [3.63, 3.8) is 0 Å². The number of H-pyrrole nitrogens is 1. The van der Waals surface area contributed by atoms with Crippen LogP contribution in [0, 0.1) is 13.8 Å². The van der Waals surface area contributed by atoms with E-state index in [1.54, 1.807) is 0 Å². The van der Waals surface area contributed by atoms with Crippen molar-refractivity contribution in [1.29, 1.82) is 0 Å². The molecule has 1 N–H and O–H groups in total. The molecule has 0 aliphatic heterocycles. The Morgan fingerprint density at radius 2 is 1.87 bits per heavy atom. The Kier molecular flexibility index (Phi) is 5.52. The van der Waals surface area contributed by atoms with E-state index in [2.05, 4.69) is 9.97 Å². The second-order valence-corrected chi connectivity index (χ2v) is 8.28. The second kappa shape index (κ2) is 7.05. The van der Waals surface area contributed by atoms with Gasteiger partial charge in [0, 0.05) is 17.0 Å². The number of rotatable bonds is 5. The van der Waals surface area contributed by atoms with Gasteiger partial charge < -0.3 is 9.88 Å². The number of fused-ring (bicyclic) bond motifs is 1. The summed E-state index contributed by atoms with van der Waals surface area (Å²) in [6, 6.07) is 0.306. The highest BCUT2D eigenvalue weighted by Crippen LogP contribution is 2.27. The first-order valence-corrected chi connectivity index (χ1v) is 9.46. The Labute approximate surface area is 144 Å². The molecule has 2 aromatic heterocycles. The number of aromatic amines is 1. The molecule has 0 bridgehead atoms. The van der Waals surface area contributed by atoms with Crippen LogP contribution in [-0.4, -0.2) is 38.6 Å². The van der Waals surface area contributed by atoms with Crippen molar-refractivity contribution >= 4 is 39.2 Å². The number of thioether (sulfide) groups is 1. The van der Waals surface area contributed by atoms with Crippen molar-refractivity contribution in [3.05, 3.63) is 20.8 Å². The van der Waals surface area contributed by atoms with Gasteiger partial charge in [0.2, 0.25) is 5.91 Å². The summed E-state index contributed by atoms with van der Waals surface area (Å²) in [4.78, 5) is 35.6. The highest BCUT2D eigenvalue weighted by atomic mass is 32.2. The Balaban J connectivity index is 2.20. The molecule has 2 heterocycles. The number of hydrogen-bond acceptors (Lipinski definition) is 5. The van der Waals surface area contributed by atoms with Gasteiger partial charge in [-0.25, -0.2) is 4.98 Å². The maximum absolute atomic E-state index is 12.4. The third-order valence-electron chi connectivity index (χ3n) is 3.75. The van der Waals surface area contributed by atoms with E-state index in [9.17, 15) is 9.59 Å². The van der Waals surface area contributed by atoms with Gasteiger partial charge >= 0.3 is 0 Å². The lowest BCUT2D eigenvalue weighted by atomic mass is 10.2. The van der Waals surface area contributed by atoms with Crippen LogP contribution < -0.4 is 5.56 Å². The fourth-order valence-corrected chi connectivity index (χ4v) is 4.50. The summed E-state index contributed by atoms with van der Waals surface area (Å²) in [6.07, 6.45) is 0. The number of aromatic nitrogens is 2. The van der Waals surface area contributed by atoms with Gasteiger partial charge in [0.05, 0.1) is 11.1 Å². The van der Waals surface area contributed by atoms with Gasteiger partial charge in [0.15, 0.2) is 5.16 Å². The fraction of sp³-hybridized carbons (Fsp3) is 0.562. The number of nitrogens with one attached hydrogen (secondary N) is 1. The van der Waals surface area contributed by atoms with Gasteiger partial charge in [-0.3, -0.25) is 9.59 Å². The smallest absolute Gasteiger partial charge is 0.260 e. The molecule has 0 saturated carbocycles. The minimum Gasteiger partial charge on any atom is -0.337 e. The Bertz CT molecular complexity index is 769. The van der Waals surface area contributed by atoms with E-state index in [1.165, 1.54) is 23.1 Å². The van der Waals surface area contributed by atoms with Crippen molar-refractivity contribution in [1.82, 2.24) is 14.9 Å². The number of nitrogens with zero attached hydrogens (tertiary/aromatic N) is 2. The summed E-state index contributed by atoms with van der Waals surface area (Å²) in [5.74, 6) is 0.329. The van der Waals surface area contributed by atoms with Crippen LogP contribution in [0.2, 0.25) is 0 Å². The molecule has 0 aliphatic rings.